The second kappa shape index (κ2) is 5.64. The fourth-order valence-electron chi connectivity index (χ4n) is 2.96. The van der Waals surface area contributed by atoms with Gasteiger partial charge in [-0.15, -0.1) is 0 Å². The Morgan fingerprint density at radius 3 is 2.09 bits per heavy atom. The van der Waals surface area contributed by atoms with Gasteiger partial charge >= 0.3 is 6.09 Å². The summed E-state index contributed by atoms with van der Waals surface area (Å²) in [6.45, 7) is 16.8. The van der Waals surface area contributed by atoms with Crippen molar-refractivity contribution >= 4 is 20.7 Å². The summed E-state index contributed by atoms with van der Waals surface area (Å²) in [6, 6.07) is 0. The molecule has 0 bridgehead atoms. The number of carbonyl (C=O) groups excluding carboxylic acids is 1. The lowest BCUT2D eigenvalue weighted by atomic mass is 9.71. The van der Waals surface area contributed by atoms with E-state index in [1.165, 1.54) is 4.90 Å². The van der Waals surface area contributed by atoms with Crippen LogP contribution in [-0.2, 0) is 9.22 Å². The highest BCUT2D eigenvalue weighted by Gasteiger charge is 2.60. The molecule has 5 nitrogen and oxygen atoms in total. The van der Waals surface area contributed by atoms with Gasteiger partial charge in [-0.25, -0.2) is 4.79 Å². The summed E-state index contributed by atoms with van der Waals surface area (Å²) in [5, 5.41) is 9.55. The van der Waals surface area contributed by atoms with Crippen LogP contribution in [0.2, 0.25) is 18.1 Å². The first-order valence-electron chi connectivity index (χ1n) is 7.85. The summed E-state index contributed by atoms with van der Waals surface area (Å²) >= 11 is 0. The number of aldehydes is 1. The third-order valence-electron chi connectivity index (χ3n) is 5.41. The molecule has 2 atom stereocenters. The van der Waals surface area contributed by atoms with Gasteiger partial charge in [0.1, 0.15) is 11.8 Å². The predicted molar refractivity (Wildman–Crippen MR) is 89.7 cm³/mol. The molecular weight excluding hydrogens is 298 g/mol. The highest BCUT2D eigenvalue weighted by molar-refractivity contribution is 6.74. The minimum absolute atomic E-state index is 0.0101. The van der Waals surface area contributed by atoms with Gasteiger partial charge in [-0.3, -0.25) is 4.90 Å². The van der Waals surface area contributed by atoms with Crippen LogP contribution in [0, 0.1) is 5.41 Å². The molecule has 128 valence electrons. The van der Waals surface area contributed by atoms with Crippen LogP contribution in [0.4, 0.5) is 4.79 Å². The van der Waals surface area contributed by atoms with Crippen LogP contribution in [0.3, 0.4) is 0 Å². The van der Waals surface area contributed by atoms with Gasteiger partial charge in [-0.2, -0.15) is 0 Å². The quantitative estimate of drug-likeness (QED) is 0.632. The van der Waals surface area contributed by atoms with Crippen LogP contribution < -0.4 is 0 Å². The first-order chi connectivity index (χ1) is 9.70. The minimum Gasteiger partial charge on any atom is -0.465 e. The van der Waals surface area contributed by atoms with Crippen LogP contribution in [0.25, 0.3) is 0 Å². The third-order valence-corrected chi connectivity index (χ3v) is 9.89. The molecule has 1 rings (SSSR count). The third kappa shape index (κ3) is 2.95. The standard InChI is InChI=1S/C16H31NO4Si/c1-14(2,3)16(11-18)12(9-10-17(16)13(19)20)21-22(7,8)15(4,5)6/h11-12H,9-10H2,1-8H3,(H,19,20)/t12-,16-/m1/s1. The predicted octanol–water partition coefficient (Wildman–Crippen LogP) is 3.74. The first kappa shape index (κ1) is 19.2. The van der Waals surface area contributed by atoms with Crippen molar-refractivity contribution in [3.05, 3.63) is 0 Å². The van der Waals surface area contributed by atoms with Crippen LogP contribution in [0.1, 0.15) is 48.0 Å². The lowest BCUT2D eigenvalue weighted by Gasteiger charge is -2.49. The number of nitrogens with zero attached hydrogens (tertiary/aromatic N) is 1. The second-order valence-corrected chi connectivity index (χ2v) is 13.5. The van der Waals surface area contributed by atoms with Gasteiger partial charge in [-0.05, 0) is 30.0 Å². The lowest BCUT2D eigenvalue weighted by Crippen LogP contribution is -2.64. The Balaban J connectivity index is 3.30. The molecular formula is C16H31NO4Si. The van der Waals surface area contributed by atoms with E-state index >= 15 is 0 Å². The monoisotopic (exact) mass is 329 g/mol. The fourth-order valence-corrected chi connectivity index (χ4v) is 4.33. The van der Waals surface area contributed by atoms with E-state index in [0.29, 0.717) is 13.0 Å². The Hall–Kier alpha value is -0.883. The van der Waals surface area contributed by atoms with Crippen LogP contribution in [-0.4, -0.2) is 48.9 Å². The molecule has 1 heterocycles. The van der Waals surface area contributed by atoms with Crippen molar-refractivity contribution in [3.63, 3.8) is 0 Å². The maximum atomic E-state index is 12.1. The van der Waals surface area contributed by atoms with Crippen molar-refractivity contribution in [1.82, 2.24) is 4.90 Å². The topological polar surface area (TPSA) is 66.8 Å². The largest absolute Gasteiger partial charge is 0.465 e. The molecule has 1 aliphatic rings. The molecule has 22 heavy (non-hydrogen) atoms. The van der Waals surface area contributed by atoms with Gasteiger partial charge in [0.2, 0.25) is 0 Å². The molecule has 0 radical (unpaired) electrons. The molecule has 0 aromatic carbocycles. The number of carboxylic acid groups (broad SMARTS) is 1. The van der Waals surface area contributed by atoms with E-state index in [1.54, 1.807) is 0 Å². The van der Waals surface area contributed by atoms with E-state index in [2.05, 4.69) is 33.9 Å². The van der Waals surface area contributed by atoms with Gasteiger partial charge in [0.15, 0.2) is 8.32 Å². The molecule has 0 saturated carbocycles. The SMILES string of the molecule is CC(C)(C)[C@@]1(C=O)[C@H](O[Si](C)(C)C(C)(C)C)CCN1C(=O)O. The van der Waals surface area contributed by atoms with Crippen molar-refractivity contribution in [1.29, 1.82) is 0 Å². The zero-order valence-corrected chi connectivity index (χ0v) is 16.2. The van der Waals surface area contributed by atoms with Gasteiger partial charge < -0.3 is 14.3 Å². The molecule has 0 spiro atoms. The molecule has 1 amide bonds. The van der Waals surface area contributed by atoms with Gasteiger partial charge in [0.25, 0.3) is 0 Å². The molecule has 1 aliphatic heterocycles. The Kier molecular flexibility index (Phi) is 4.91. The van der Waals surface area contributed by atoms with Crippen molar-refractivity contribution < 1.29 is 19.1 Å². The Labute approximate surface area is 135 Å². The maximum Gasteiger partial charge on any atom is 0.408 e. The van der Waals surface area contributed by atoms with Gasteiger partial charge in [-0.1, -0.05) is 41.5 Å². The Morgan fingerprint density at radius 1 is 1.27 bits per heavy atom. The maximum absolute atomic E-state index is 12.1. The number of hydrogen-bond acceptors (Lipinski definition) is 3. The molecule has 0 aromatic rings. The molecule has 6 heteroatoms. The summed E-state index contributed by atoms with van der Waals surface area (Å²) in [5.41, 5.74) is -1.66. The van der Waals surface area contributed by atoms with Crippen molar-refractivity contribution in [2.75, 3.05) is 6.54 Å². The Bertz CT molecular complexity index is 450. The second-order valence-electron chi connectivity index (χ2n) is 8.78. The van der Waals surface area contributed by atoms with Crippen LogP contribution in [0.5, 0.6) is 0 Å². The summed E-state index contributed by atoms with van der Waals surface area (Å²) in [6.07, 6.45) is -0.0776. The molecule has 1 saturated heterocycles. The average molecular weight is 330 g/mol. The summed E-state index contributed by atoms with van der Waals surface area (Å²) < 4.78 is 6.48. The Morgan fingerprint density at radius 2 is 1.77 bits per heavy atom. The normalized spacial score (nSPS) is 27.1. The highest BCUT2D eigenvalue weighted by atomic mass is 28.4. The van der Waals surface area contributed by atoms with Crippen LogP contribution in [0.15, 0.2) is 0 Å². The molecule has 0 unspecified atom stereocenters. The van der Waals surface area contributed by atoms with Crippen molar-refractivity contribution in [2.24, 2.45) is 5.41 Å². The van der Waals surface area contributed by atoms with Gasteiger partial charge in [0.05, 0.1) is 6.10 Å². The number of amides is 1. The van der Waals surface area contributed by atoms with Crippen LogP contribution >= 0.6 is 0 Å². The van der Waals surface area contributed by atoms with E-state index in [1.807, 2.05) is 20.8 Å². The zero-order chi connectivity index (χ0) is 17.6. The smallest absolute Gasteiger partial charge is 0.408 e. The van der Waals surface area contributed by atoms with E-state index in [-0.39, 0.29) is 11.1 Å². The average Bonchev–Trinajstić information content (AvgIpc) is 2.65. The van der Waals surface area contributed by atoms with E-state index in [9.17, 15) is 14.7 Å². The molecule has 0 aromatic heterocycles. The highest BCUT2D eigenvalue weighted by Crippen LogP contribution is 2.47. The van der Waals surface area contributed by atoms with E-state index in [0.717, 1.165) is 6.29 Å². The lowest BCUT2D eigenvalue weighted by molar-refractivity contribution is -0.128. The zero-order valence-electron chi connectivity index (χ0n) is 15.2. The number of hydrogen-bond donors (Lipinski definition) is 1. The summed E-state index contributed by atoms with van der Waals surface area (Å²) in [5.74, 6) is 0. The molecule has 1 fully saturated rings. The summed E-state index contributed by atoms with van der Waals surface area (Å²) in [4.78, 5) is 25.0. The number of carbonyl (C=O) groups is 2. The minimum atomic E-state index is -2.10. The van der Waals surface area contributed by atoms with E-state index < -0.39 is 25.4 Å². The summed E-state index contributed by atoms with van der Waals surface area (Å²) in [7, 11) is -2.10. The fraction of sp³-hybridized carbons (Fsp3) is 0.875. The number of likely N-dealkylation sites (tertiary alicyclic amines) is 1. The molecule has 1 N–H and O–H groups in total. The first-order valence-corrected chi connectivity index (χ1v) is 10.8. The van der Waals surface area contributed by atoms with E-state index in [4.69, 9.17) is 4.43 Å². The van der Waals surface area contributed by atoms with Crippen molar-refractivity contribution in [2.45, 2.75) is 77.7 Å². The molecule has 0 aliphatic carbocycles. The van der Waals surface area contributed by atoms with Gasteiger partial charge in [0, 0.05) is 6.54 Å². The van der Waals surface area contributed by atoms with Crippen molar-refractivity contribution in [3.8, 4) is 0 Å². The number of rotatable bonds is 3.